The Hall–Kier alpha value is -1.95. The highest BCUT2D eigenvalue weighted by atomic mass is 16.5. The first-order chi connectivity index (χ1) is 10.1. The van der Waals surface area contributed by atoms with Gasteiger partial charge in [-0.2, -0.15) is 0 Å². The molecule has 1 amide bonds. The number of fused-ring (bicyclic) bond motifs is 2. The monoisotopic (exact) mass is 286 g/mol. The summed E-state index contributed by atoms with van der Waals surface area (Å²) in [4.78, 5) is 19.2. The summed E-state index contributed by atoms with van der Waals surface area (Å²) >= 11 is 0. The smallest absolute Gasteiger partial charge is 0.258 e. The predicted molar refractivity (Wildman–Crippen MR) is 77.0 cm³/mol. The number of likely N-dealkylation sites (tertiary alicyclic amines) is 1. The van der Waals surface area contributed by atoms with E-state index >= 15 is 0 Å². The van der Waals surface area contributed by atoms with Crippen LogP contribution in [0.4, 0.5) is 0 Å². The van der Waals surface area contributed by atoms with Crippen molar-refractivity contribution in [1.82, 2.24) is 20.4 Å². The molecule has 2 aliphatic rings. The Morgan fingerprint density at radius 1 is 1.33 bits per heavy atom. The van der Waals surface area contributed by atoms with E-state index in [9.17, 15) is 4.79 Å². The van der Waals surface area contributed by atoms with Crippen LogP contribution in [-0.2, 0) is 0 Å². The topological polar surface area (TPSA) is 71.3 Å². The molecule has 0 unspecified atom stereocenters. The van der Waals surface area contributed by atoms with E-state index in [1.807, 2.05) is 24.8 Å². The number of nitrogens with one attached hydrogen (secondary N) is 1. The molecule has 2 aliphatic heterocycles. The van der Waals surface area contributed by atoms with Crippen molar-refractivity contribution < 1.29 is 9.32 Å². The lowest BCUT2D eigenvalue weighted by atomic mass is 10.0. The van der Waals surface area contributed by atoms with Crippen molar-refractivity contribution in [2.75, 3.05) is 26.2 Å². The Kier molecular flexibility index (Phi) is 2.75. The predicted octanol–water partition coefficient (Wildman–Crippen LogP) is 1.13. The minimum Gasteiger partial charge on any atom is -0.338 e. The van der Waals surface area contributed by atoms with Gasteiger partial charge in [0, 0.05) is 31.9 Å². The van der Waals surface area contributed by atoms with Gasteiger partial charge in [0.15, 0.2) is 0 Å². The van der Waals surface area contributed by atoms with E-state index in [4.69, 9.17) is 4.52 Å². The maximum atomic E-state index is 12.9. The van der Waals surface area contributed by atoms with Crippen LogP contribution in [0.25, 0.3) is 11.1 Å². The number of aryl methyl sites for hydroxylation is 2. The van der Waals surface area contributed by atoms with Gasteiger partial charge >= 0.3 is 0 Å². The third kappa shape index (κ3) is 1.93. The van der Waals surface area contributed by atoms with Crippen molar-refractivity contribution in [1.29, 1.82) is 0 Å². The molecule has 1 N–H and O–H groups in total. The van der Waals surface area contributed by atoms with Gasteiger partial charge in [-0.1, -0.05) is 5.16 Å². The van der Waals surface area contributed by atoms with E-state index < -0.39 is 0 Å². The minimum atomic E-state index is 0.0752. The van der Waals surface area contributed by atoms with Crippen LogP contribution in [-0.4, -0.2) is 47.1 Å². The molecule has 0 radical (unpaired) electrons. The first-order valence-corrected chi connectivity index (χ1v) is 7.37. The molecule has 0 saturated carbocycles. The number of carbonyl (C=O) groups excluding carboxylic acids is 1. The maximum Gasteiger partial charge on any atom is 0.258 e. The van der Waals surface area contributed by atoms with Gasteiger partial charge in [-0.05, 0) is 31.7 Å². The zero-order chi connectivity index (χ0) is 14.6. The van der Waals surface area contributed by atoms with Crippen molar-refractivity contribution in [2.45, 2.75) is 13.8 Å². The second-order valence-corrected chi connectivity index (χ2v) is 6.15. The SMILES string of the molecule is Cc1cc(C(=O)N2C[C@H]3CNC[C@H]3C2)c2c(C)noc2n1. The van der Waals surface area contributed by atoms with Gasteiger partial charge < -0.3 is 14.7 Å². The number of hydrogen-bond acceptors (Lipinski definition) is 5. The molecular formula is C15H18N4O2. The van der Waals surface area contributed by atoms with Crippen molar-refractivity contribution in [2.24, 2.45) is 11.8 Å². The number of nitrogens with zero attached hydrogens (tertiary/aromatic N) is 3. The molecule has 21 heavy (non-hydrogen) atoms. The normalized spacial score (nSPS) is 24.8. The van der Waals surface area contributed by atoms with Crippen LogP contribution in [0.15, 0.2) is 10.6 Å². The Morgan fingerprint density at radius 2 is 2.05 bits per heavy atom. The molecule has 0 aromatic carbocycles. The molecule has 2 aromatic rings. The van der Waals surface area contributed by atoms with Gasteiger partial charge in [0.1, 0.15) is 0 Å². The van der Waals surface area contributed by atoms with Crippen LogP contribution in [0.5, 0.6) is 0 Å². The summed E-state index contributed by atoms with van der Waals surface area (Å²) < 4.78 is 5.22. The molecule has 2 atom stereocenters. The molecule has 4 heterocycles. The molecule has 2 fully saturated rings. The quantitative estimate of drug-likeness (QED) is 0.851. The molecule has 6 nitrogen and oxygen atoms in total. The van der Waals surface area contributed by atoms with E-state index in [1.54, 1.807) is 0 Å². The highest BCUT2D eigenvalue weighted by Gasteiger charge is 2.38. The summed E-state index contributed by atoms with van der Waals surface area (Å²) in [5, 5.41) is 8.09. The summed E-state index contributed by atoms with van der Waals surface area (Å²) in [6, 6.07) is 1.85. The number of amides is 1. The zero-order valence-corrected chi connectivity index (χ0v) is 12.2. The average Bonchev–Trinajstić information content (AvgIpc) is 3.11. The standard InChI is InChI=1S/C15H18N4O2/c1-8-3-12(13-9(2)18-21-14(13)17-8)15(20)19-6-10-4-16-5-11(10)7-19/h3,10-11,16H,4-7H2,1-2H3/t10-,11+. The van der Waals surface area contributed by atoms with Gasteiger partial charge in [-0.3, -0.25) is 4.79 Å². The highest BCUT2D eigenvalue weighted by Crippen LogP contribution is 2.29. The summed E-state index contributed by atoms with van der Waals surface area (Å²) in [5.41, 5.74) is 2.63. The van der Waals surface area contributed by atoms with E-state index in [1.165, 1.54) is 0 Å². The lowest BCUT2D eigenvalue weighted by molar-refractivity contribution is 0.0783. The molecule has 0 aliphatic carbocycles. The fourth-order valence-corrected chi connectivity index (χ4v) is 3.58. The van der Waals surface area contributed by atoms with E-state index in [0.29, 0.717) is 23.1 Å². The van der Waals surface area contributed by atoms with Gasteiger partial charge in [0.05, 0.1) is 16.6 Å². The Balaban J connectivity index is 1.73. The number of aromatic nitrogens is 2. The first-order valence-electron chi connectivity index (χ1n) is 7.37. The van der Waals surface area contributed by atoms with Crippen LogP contribution < -0.4 is 5.32 Å². The average molecular weight is 286 g/mol. The third-order valence-electron chi connectivity index (χ3n) is 4.65. The second kappa shape index (κ2) is 4.53. The van der Waals surface area contributed by atoms with Crippen molar-refractivity contribution >= 4 is 17.0 Å². The van der Waals surface area contributed by atoms with Crippen molar-refractivity contribution in [3.63, 3.8) is 0 Å². The zero-order valence-electron chi connectivity index (χ0n) is 12.2. The molecular weight excluding hydrogens is 268 g/mol. The fourth-order valence-electron chi connectivity index (χ4n) is 3.58. The molecule has 0 bridgehead atoms. The fraction of sp³-hybridized carbons (Fsp3) is 0.533. The summed E-state index contributed by atoms with van der Waals surface area (Å²) in [6.07, 6.45) is 0. The lowest BCUT2D eigenvalue weighted by Crippen LogP contribution is -2.32. The summed E-state index contributed by atoms with van der Waals surface area (Å²) in [5.74, 6) is 1.26. The first kappa shape index (κ1) is 12.8. The molecule has 2 aromatic heterocycles. The Morgan fingerprint density at radius 3 is 2.76 bits per heavy atom. The van der Waals surface area contributed by atoms with Crippen molar-refractivity contribution in [3.05, 3.63) is 23.0 Å². The van der Waals surface area contributed by atoms with E-state index in [0.717, 1.165) is 43.0 Å². The van der Waals surface area contributed by atoms with Crippen LogP contribution in [0, 0.1) is 25.7 Å². The highest BCUT2D eigenvalue weighted by molar-refractivity contribution is 6.06. The van der Waals surface area contributed by atoms with Gasteiger partial charge in [-0.25, -0.2) is 4.98 Å². The minimum absolute atomic E-state index is 0.0752. The maximum absolute atomic E-state index is 12.9. The van der Waals surface area contributed by atoms with Crippen LogP contribution >= 0.6 is 0 Å². The van der Waals surface area contributed by atoms with Crippen LogP contribution in [0.3, 0.4) is 0 Å². The van der Waals surface area contributed by atoms with Gasteiger partial charge in [0.2, 0.25) is 0 Å². The Labute approximate surface area is 122 Å². The van der Waals surface area contributed by atoms with Crippen LogP contribution in [0.2, 0.25) is 0 Å². The molecule has 4 rings (SSSR count). The number of hydrogen-bond donors (Lipinski definition) is 1. The molecule has 110 valence electrons. The second-order valence-electron chi connectivity index (χ2n) is 6.15. The summed E-state index contributed by atoms with van der Waals surface area (Å²) in [6.45, 7) is 7.43. The Bertz CT molecular complexity index is 712. The van der Waals surface area contributed by atoms with E-state index in [-0.39, 0.29) is 5.91 Å². The van der Waals surface area contributed by atoms with Gasteiger partial charge in [-0.15, -0.1) is 0 Å². The largest absolute Gasteiger partial charge is 0.338 e. The third-order valence-corrected chi connectivity index (χ3v) is 4.65. The number of rotatable bonds is 1. The molecule has 0 spiro atoms. The summed E-state index contributed by atoms with van der Waals surface area (Å²) in [7, 11) is 0. The number of pyridine rings is 1. The van der Waals surface area contributed by atoms with Crippen molar-refractivity contribution in [3.8, 4) is 0 Å². The molecule has 6 heteroatoms. The van der Waals surface area contributed by atoms with Crippen LogP contribution in [0.1, 0.15) is 21.7 Å². The lowest BCUT2D eigenvalue weighted by Gasteiger charge is -2.18. The molecule has 2 saturated heterocycles. The van der Waals surface area contributed by atoms with E-state index in [2.05, 4.69) is 15.5 Å². The number of carbonyl (C=O) groups is 1. The van der Waals surface area contributed by atoms with Gasteiger partial charge in [0.25, 0.3) is 11.6 Å².